The molecule has 3 rings (SSSR count). The zero-order chi connectivity index (χ0) is 15.0. The SMILES string of the molecule is Cc1ccc(NC(=O)c2ccc3c(c2)CC(=O)N3)cc1Cl. The number of carbonyl (C=O) groups is 2. The Labute approximate surface area is 127 Å². The zero-order valence-electron chi connectivity index (χ0n) is 11.4. The van der Waals surface area contributed by atoms with Gasteiger partial charge in [0, 0.05) is 22.0 Å². The smallest absolute Gasteiger partial charge is 0.255 e. The Morgan fingerprint density at radius 3 is 2.81 bits per heavy atom. The summed E-state index contributed by atoms with van der Waals surface area (Å²) < 4.78 is 0. The highest BCUT2D eigenvalue weighted by Crippen LogP contribution is 2.25. The third-order valence-corrected chi connectivity index (χ3v) is 3.83. The van der Waals surface area contributed by atoms with Gasteiger partial charge in [0.15, 0.2) is 0 Å². The van der Waals surface area contributed by atoms with E-state index >= 15 is 0 Å². The lowest BCUT2D eigenvalue weighted by molar-refractivity contribution is -0.115. The molecule has 1 aliphatic heterocycles. The Bertz CT molecular complexity index is 756. The van der Waals surface area contributed by atoms with Crippen molar-refractivity contribution in [2.24, 2.45) is 0 Å². The van der Waals surface area contributed by atoms with Gasteiger partial charge in [-0.3, -0.25) is 9.59 Å². The molecule has 106 valence electrons. The molecule has 2 aromatic rings. The van der Waals surface area contributed by atoms with E-state index in [1.165, 1.54) is 0 Å². The monoisotopic (exact) mass is 300 g/mol. The predicted molar refractivity (Wildman–Crippen MR) is 82.9 cm³/mol. The molecule has 0 unspecified atom stereocenters. The van der Waals surface area contributed by atoms with Crippen LogP contribution in [0.5, 0.6) is 0 Å². The van der Waals surface area contributed by atoms with Gasteiger partial charge in [-0.2, -0.15) is 0 Å². The van der Waals surface area contributed by atoms with Crippen molar-refractivity contribution in [3.63, 3.8) is 0 Å². The Morgan fingerprint density at radius 2 is 2.05 bits per heavy atom. The van der Waals surface area contributed by atoms with Crippen LogP contribution in [0.25, 0.3) is 0 Å². The van der Waals surface area contributed by atoms with Gasteiger partial charge in [0.2, 0.25) is 5.91 Å². The van der Waals surface area contributed by atoms with Crippen LogP contribution in [-0.4, -0.2) is 11.8 Å². The van der Waals surface area contributed by atoms with Gasteiger partial charge in [0.25, 0.3) is 5.91 Å². The van der Waals surface area contributed by atoms with Crippen LogP contribution < -0.4 is 10.6 Å². The third kappa shape index (κ3) is 2.76. The van der Waals surface area contributed by atoms with Crippen LogP contribution in [0.3, 0.4) is 0 Å². The maximum absolute atomic E-state index is 12.2. The molecular weight excluding hydrogens is 288 g/mol. The molecule has 0 atom stereocenters. The Kier molecular flexibility index (Phi) is 3.39. The molecule has 2 N–H and O–H groups in total. The number of nitrogens with one attached hydrogen (secondary N) is 2. The molecule has 2 amide bonds. The van der Waals surface area contributed by atoms with Crippen molar-refractivity contribution in [3.8, 4) is 0 Å². The molecule has 4 nitrogen and oxygen atoms in total. The van der Waals surface area contributed by atoms with Crippen LogP contribution in [0.1, 0.15) is 21.5 Å². The lowest BCUT2D eigenvalue weighted by atomic mass is 10.1. The van der Waals surface area contributed by atoms with Crippen LogP contribution >= 0.6 is 11.6 Å². The summed E-state index contributed by atoms with van der Waals surface area (Å²) in [5.74, 6) is -0.273. The van der Waals surface area contributed by atoms with Gasteiger partial charge in [0.05, 0.1) is 6.42 Å². The minimum atomic E-state index is -0.225. The minimum absolute atomic E-state index is 0.0483. The van der Waals surface area contributed by atoms with Crippen LogP contribution in [0.2, 0.25) is 5.02 Å². The first-order valence-electron chi connectivity index (χ1n) is 6.53. The molecule has 0 bridgehead atoms. The predicted octanol–water partition coefficient (Wildman–Crippen LogP) is 3.40. The van der Waals surface area contributed by atoms with E-state index in [1.54, 1.807) is 30.3 Å². The van der Waals surface area contributed by atoms with E-state index in [0.717, 1.165) is 16.8 Å². The lowest BCUT2D eigenvalue weighted by Crippen LogP contribution is -2.12. The standard InChI is InChI=1S/C16H13ClN2O2/c1-9-2-4-12(8-13(9)17)18-16(21)10-3-5-14-11(6-10)7-15(20)19-14/h2-6,8H,7H2,1H3,(H,18,21)(H,19,20). The molecule has 0 saturated heterocycles. The van der Waals surface area contributed by atoms with Crippen LogP contribution in [0, 0.1) is 6.92 Å². The first kappa shape index (κ1) is 13.6. The third-order valence-electron chi connectivity index (χ3n) is 3.42. The lowest BCUT2D eigenvalue weighted by Gasteiger charge is -2.08. The van der Waals surface area contributed by atoms with E-state index in [0.29, 0.717) is 22.7 Å². The number of hydrogen-bond acceptors (Lipinski definition) is 2. The first-order valence-corrected chi connectivity index (χ1v) is 6.91. The van der Waals surface area contributed by atoms with Gasteiger partial charge in [0.1, 0.15) is 0 Å². The topological polar surface area (TPSA) is 58.2 Å². The van der Waals surface area contributed by atoms with Crippen molar-refractivity contribution in [2.75, 3.05) is 10.6 Å². The van der Waals surface area contributed by atoms with E-state index in [2.05, 4.69) is 10.6 Å². The fourth-order valence-electron chi connectivity index (χ4n) is 2.24. The molecule has 0 saturated carbocycles. The molecule has 0 radical (unpaired) electrons. The van der Waals surface area contributed by atoms with E-state index in [1.807, 2.05) is 13.0 Å². The van der Waals surface area contributed by atoms with Crippen molar-refractivity contribution in [1.82, 2.24) is 0 Å². The number of rotatable bonds is 2. The molecule has 5 heteroatoms. The Morgan fingerprint density at radius 1 is 1.24 bits per heavy atom. The van der Waals surface area contributed by atoms with E-state index in [4.69, 9.17) is 11.6 Å². The summed E-state index contributed by atoms with van der Waals surface area (Å²) in [6.07, 6.45) is 0.312. The van der Waals surface area contributed by atoms with Crippen LogP contribution in [-0.2, 0) is 11.2 Å². The molecule has 2 aromatic carbocycles. The molecule has 0 aliphatic carbocycles. The molecule has 1 aliphatic rings. The van der Waals surface area contributed by atoms with Crippen molar-refractivity contribution in [2.45, 2.75) is 13.3 Å². The first-order chi connectivity index (χ1) is 10.0. The number of anilines is 2. The number of halogens is 1. The highest BCUT2D eigenvalue weighted by atomic mass is 35.5. The second-order valence-electron chi connectivity index (χ2n) is 5.01. The molecule has 21 heavy (non-hydrogen) atoms. The van der Waals surface area contributed by atoms with E-state index in [9.17, 15) is 9.59 Å². The summed E-state index contributed by atoms with van der Waals surface area (Å²) in [7, 11) is 0. The van der Waals surface area contributed by atoms with Gasteiger partial charge in [-0.25, -0.2) is 0 Å². The van der Waals surface area contributed by atoms with Crippen molar-refractivity contribution in [1.29, 1.82) is 0 Å². The highest BCUT2D eigenvalue weighted by molar-refractivity contribution is 6.31. The van der Waals surface area contributed by atoms with Crippen molar-refractivity contribution >= 4 is 34.8 Å². The van der Waals surface area contributed by atoms with Gasteiger partial charge in [-0.05, 0) is 48.4 Å². The number of aryl methyl sites for hydroxylation is 1. The summed E-state index contributed by atoms with van der Waals surface area (Å²) >= 11 is 6.04. The fourth-order valence-corrected chi connectivity index (χ4v) is 2.42. The number of amides is 2. The Balaban J connectivity index is 1.81. The second-order valence-corrected chi connectivity index (χ2v) is 5.42. The maximum atomic E-state index is 12.2. The van der Waals surface area contributed by atoms with Crippen LogP contribution in [0.4, 0.5) is 11.4 Å². The molecule has 0 aromatic heterocycles. The van der Waals surface area contributed by atoms with Gasteiger partial charge < -0.3 is 10.6 Å². The van der Waals surface area contributed by atoms with E-state index < -0.39 is 0 Å². The highest BCUT2D eigenvalue weighted by Gasteiger charge is 2.19. The normalized spacial score (nSPS) is 12.8. The average molecular weight is 301 g/mol. The summed E-state index contributed by atoms with van der Waals surface area (Å²) in [4.78, 5) is 23.5. The largest absolute Gasteiger partial charge is 0.326 e. The summed E-state index contributed by atoms with van der Waals surface area (Å²) in [6.45, 7) is 1.90. The number of carbonyl (C=O) groups excluding carboxylic acids is 2. The number of fused-ring (bicyclic) bond motifs is 1. The van der Waals surface area contributed by atoms with Gasteiger partial charge in [-0.1, -0.05) is 17.7 Å². The van der Waals surface area contributed by atoms with Gasteiger partial charge >= 0.3 is 0 Å². The molecule has 0 spiro atoms. The van der Waals surface area contributed by atoms with Crippen molar-refractivity contribution in [3.05, 3.63) is 58.1 Å². The molecule has 0 fully saturated rings. The molecular formula is C16H13ClN2O2. The van der Waals surface area contributed by atoms with E-state index in [-0.39, 0.29) is 11.8 Å². The van der Waals surface area contributed by atoms with Crippen molar-refractivity contribution < 1.29 is 9.59 Å². The molecule has 1 heterocycles. The Hall–Kier alpha value is -2.33. The number of hydrogen-bond donors (Lipinski definition) is 2. The number of benzene rings is 2. The second kappa shape index (κ2) is 5.22. The summed E-state index contributed by atoms with van der Waals surface area (Å²) in [6, 6.07) is 10.5. The fraction of sp³-hybridized carbons (Fsp3) is 0.125. The maximum Gasteiger partial charge on any atom is 0.255 e. The average Bonchev–Trinajstić information content (AvgIpc) is 2.82. The zero-order valence-corrected chi connectivity index (χ0v) is 12.1. The quantitative estimate of drug-likeness (QED) is 0.893. The van der Waals surface area contributed by atoms with Gasteiger partial charge in [-0.15, -0.1) is 0 Å². The summed E-state index contributed by atoms with van der Waals surface area (Å²) in [5.41, 5.74) is 3.73. The van der Waals surface area contributed by atoms with Crippen LogP contribution in [0.15, 0.2) is 36.4 Å². The minimum Gasteiger partial charge on any atom is -0.326 e. The summed E-state index contributed by atoms with van der Waals surface area (Å²) in [5, 5.41) is 6.15.